The molecule has 0 aliphatic heterocycles. The van der Waals surface area contributed by atoms with Gasteiger partial charge in [-0.15, -0.1) is 0 Å². The third-order valence-electron chi connectivity index (χ3n) is 2.76. The minimum Gasteiger partial charge on any atom is -0.466 e. The molecule has 4 heteroatoms. The fraction of sp³-hybridized carbons (Fsp3) is 0.357. The van der Waals surface area contributed by atoms with Crippen molar-refractivity contribution in [3.8, 4) is 0 Å². The topological polar surface area (TPSA) is 39.4 Å². The van der Waals surface area contributed by atoms with Gasteiger partial charge in [-0.1, -0.05) is 28.9 Å². The zero-order valence-corrected chi connectivity index (χ0v) is 12.0. The Kier molecular flexibility index (Phi) is 4.07. The first-order valence-electron chi connectivity index (χ1n) is 5.95. The second-order valence-corrected chi connectivity index (χ2v) is 5.08. The van der Waals surface area contributed by atoms with E-state index in [1.165, 1.54) is 0 Å². The maximum atomic E-state index is 11.6. The molecule has 0 spiro atoms. The molecule has 0 bridgehead atoms. The highest BCUT2D eigenvalue weighted by Crippen LogP contribution is 2.28. The monoisotopic (exact) mass is 310 g/mol. The molecule has 0 aliphatic rings. The van der Waals surface area contributed by atoms with Gasteiger partial charge in [0.05, 0.1) is 12.5 Å². The van der Waals surface area contributed by atoms with Crippen LogP contribution in [-0.4, -0.2) is 12.6 Å². The predicted octanol–water partition coefficient (Wildman–Crippen LogP) is 3.94. The number of fused-ring (bicyclic) bond motifs is 1. The van der Waals surface area contributed by atoms with Gasteiger partial charge in [-0.05, 0) is 25.1 Å². The molecule has 2 rings (SSSR count). The van der Waals surface area contributed by atoms with E-state index >= 15 is 0 Å². The van der Waals surface area contributed by atoms with E-state index < -0.39 is 0 Å². The molecular weight excluding hydrogens is 296 g/mol. The maximum Gasteiger partial charge on any atom is 0.309 e. The largest absolute Gasteiger partial charge is 0.466 e. The number of carbonyl (C=O) groups excluding carboxylic acids is 1. The third kappa shape index (κ3) is 2.75. The lowest BCUT2D eigenvalue weighted by atomic mass is 10.1. The van der Waals surface area contributed by atoms with Crippen molar-refractivity contribution < 1.29 is 13.9 Å². The van der Waals surface area contributed by atoms with Gasteiger partial charge in [-0.3, -0.25) is 4.79 Å². The van der Waals surface area contributed by atoms with Crippen LogP contribution in [-0.2, 0) is 16.0 Å². The molecule has 0 saturated heterocycles. The van der Waals surface area contributed by atoms with Crippen LogP contribution in [0.25, 0.3) is 11.0 Å². The van der Waals surface area contributed by atoms with E-state index in [1.807, 2.05) is 38.1 Å². The molecule has 1 aromatic carbocycles. The second-order valence-electron chi connectivity index (χ2n) is 4.22. The summed E-state index contributed by atoms with van der Waals surface area (Å²) in [6.07, 6.45) is 0.556. The summed E-state index contributed by atoms with van der Waals surface area (Å²) in [5.74, 6) is 0.429. The molecule has 0 fully saturated rings. The van der Waals surface area contributed by atoms with Crippen LogP contribution in [0.2, 0.25) is 0 Å². The van der Waals surface area contributed by atoms with Gasteiger partial charge in [0.1, 0.15) is 11.3 Å². The Morgan fingerprint density at radius 2 is 2.28 bits per heavy atom. The van der Waals surface area contributed by atoms with Crippen molar-refractivity contribution >= 4 is 32.9 Å². The molecule has 1 atom stereocenters. The SMILES string of the molecule is CCOC(=O)C(C)Cc1cc2c(Br)cccc2o1. The average molecular weight is 311 g/mol. The molecule has 0 radical (unpaired) electrons. The minimum absolute atomic E-state index is 0.183. The van der Waals surface area contributed by atoms with Crippen LogP contribution >= 0.6 is 15.9 Å². The van der Waals surface area contributed by atoms with Gasteiger partial charge < -0.3 is 9.15 Å². The van der Waals surface area contributed by atoms with Crippen LogP contribution in [0.5, 0.6) is 0 Å². The Hall–Kier alpha value is -1.29. The first kappa shape index (κ1) is 13.1. The molecular formula is C14H15BrO3. The lowest BCUT2D eigenvalue weighted by Crippen LogP contribution is -2.16. The van der Waals surface area contributed by atoms with Crippen LogP contribution in [0, 0.1) is 5.92 Å². The summed E-state index contributed by atoms with van der Waals surface area (Å²) in [7, 11) is 0. The molecule has 1 unspecified atom stereocenters. The zero-order chi connectivity index (χ0) is 13.1. The first-order valence-corrected chi connectivity index (χ1v) is 6.74. The first-order chi connectivity index (χ1) is 8.61. The van der Waals surface area contributed by atoms with Crippen LogP contribution in [0.3, 0.4) is 0 Å². The zero-order valence-electron chi connectivity index (χ0n) is 10.4. The van der Waals surface area contributed by atoms with Crippen molar-refractivity contribution in [3.05, 3.63) is 34.5 Å². The average Bonchev–Trinajstić information content (AvgIpc) is 2.73. The summed E-state index contributed by atoms with van der Waals surface area (Å²) in [5.41, 5.74) is 0.829. The van der Waals surface area contributed by atoms with Crippen LogP contribution in [0.1, 0.15) is 19.6 Å². The normalized spacial score (nSPS) is 12.6. The Morgan fingerprint density at radius 1 is 1.50 bits per heavy atom. The molecule has 0 aliphatic carbocycles. The van der Waals surface area contributed by atoms with Crippen LogP contribution < -0.4 is 0 Å². The summed E-state index contributed by atoms with van der Waals surface area (Å²) in [6.45, 7) is 4.07. The van der Waals surface area contributed by atoms with Crippen LogP contribution in [0.15, 0.2) is 33.2 Å². The van der Waals surface area contributed by atoms with Gasteiger partial charge in [-0.2, -0.15) is 0 Å². The highest BCUT2D eigenvalue weighted by molar-refractivity contribution is 9.10. The Labute approximate surface area is 114 Å². The van der Waals surface area contributed by atoms with E-state index in [4.69, 9.17) is 9.15 Å². The summed E-state index contributed by atoms with van der Waals surface area (Å²) in [6, 6.07) is 7.78. The van der Waals surface area contributed by atoms with Crippen molar-refractivity contribution in [3.63, 3.8) is 0 Å². The summed E-state index contributed by atoms with van der Waals surface area (Å²) >= 11 is 3.48. The van der Waals surface area contributed by atoms with E-state index in [9.17, 15) is 4.79 Å². The smallest absolute Gasteiger partial charge is 0.309 e. The molecule has 96 valence electrons. The van der Waals surface area contributed by atoms with E-state index in [0.717, 1.165) is 21.2 Å². The Morgan fingerprint density at radius 3 is 2.94 bits per heavy atom. The molecule has 2 aromatic rings. The molecule has 1 aromatic heterocycles. The Bertz CT molecular complexity index is 559. The highest BCUT2D eigenvalue weighted by Gasteiger charge is 2.17. The van der Waals surface area contributed by atoms with Gasteiger partial charge in [0.25, 0.3) is 0 Å². The van der Waals surface area contributed by atoms with Crippen molar-refractivity contribution in [1.29, 1.82) is 0 Å². The highest BCUT2D eigenvalue weighted by atomic mass is 79.9. The van der Waals surface area contributed by atoms with E-state index in [1.54, 1.807) is 0 Å². The van der Waals surface area contributed by atoms with Gasteiger partial charge in [0.2, 0.25) is 0 Å². The van der Waals surface area contributed by atoms with Crippen molar-refractivity contribution in [2.45, 2.75) is 20.3 Å². The van der Waals surface area contributed by atoms with E-state index in [0.29, 0.717) is 13.0 Å². The van der Waals surface area contributed by atoms with Gasteiger partial charge in [0.15, 0.2) is 0 Å². The molecule has 0 amide bonds. The maximum absolute atomic E-state index is 11.6. The standard InChI is InChI=1S/C14H15BrO3/c1-3-17-14(16)9(2)7-10-8-11-12(15)5-4-6-13(11)18-10/h4-6,8-9H,3,7H2,1-2H3. The van der Waals surface area contributed by atoms with Gasteiger partial charge in [-0.25, -0.2) is 0 Å². The lowest BCUT2D eigenvalue weighted by Gasteiger charge is -2.07. The molecule has 1 heterocycles. The van der Waals surface area contributed by atoms with Crippen molar-refractivity contribution in [2.24, 2.45) is 5.92 Å². The van der Waals surface area contributed by atoms with E-state index in [2.05, 4.69) is 15.9 Å². The number of rotatable bonds is 4. The number of hydrogen-bond acceptors (Lipinski definition) is 3. The minimum atomic E-state index is -0.190. The lowest BCUT2D eigenvalue weighted by molar-refractivity contribution is -0.147. The van der Waals surface area contributed by atoms with Crippen molar-refractivity contribution in [2.75, 3.05) is 6.61 Å². The number of halogens is 1. The second kappa shape index (κ2) is 5.57. The summed E-state index contributed by atoms with van der Waals surface area (Å²) < 4.78 is 11.7. The molecule has 0 saturated carbocycles. The third-order valence-corrected chi connectivity index (χ3v) is 3.45. The Balaban J connectivity index is 2.17. The summed E-state index contributed by atoms with van der Waals surface area (Å²) in [4.78, 5) is 11.6. The number of ether oxygens (including phenoxy) is 1. The number of furan rings is 1. The molecule has 3 nitrogen and oxygen atoms in total. The predicted molar refractivity (Wildman–Crippen MR) is 73.4 cm³/mol. The molecule has 0 N–H and O–H groups in total. The fourth-order valence-electron chi connectivity index (χ4n) is 1.85. The number of carbonyl (C=O) groups is 1. The number of benzene rings is 1. The van der Waals surface area contributed by atoms with Gasteiger partial charge in [0, 0.05) is 16.3 Å². The number of esters is 1. The summed E-state index contributed by atoms with van der Waals surface area (Å²) in [5, 5.41) is 1.03. The van der Waals surface area contributed by atoms with Crippen molar-refractivity contribution in [1.82, 2.24) is 0 Å². The fourth-order valence-corrected chi connectivity index (χ4v) is 2.31. The van der Waals surface area contributed by atoms with Gasteiger partial charge >= 0.3 is 5.97 Å². The number of hydrogen-bond donors (Lipinski definition) is 0. The van der Waals surface area contributed by atoms with Crippen LogP contribution in [0.4, 0.5) is 0 Å². The van der Waals surface area contributed by atoms with E-state index in [-0.39, 0.29) is 11.9 Å². The quantitative estimate of drug-likeness (QED) is 0.803. The molecule has 18 heavy (non-hydrogen) atoms.